The van der Waals surface area contributed by atoms with Crippen molar-refractivity contribution in [1.29, 1.82) is 0 Å². The molecule has 176 valence electrons. The zero-order valence-electron chi connectivity index (χ0n) is 19.2. The van der Waals surface area contributed by atoms with E-state index in [9.17, 15) is 14.4 Å². The number of aromatic nitrogens is 1. The van der Waals surface area contributed by atoms with Crippen molar-refractivity contribution >= 4 is 40.7 Å². The average molecular weight is 499 g/mol. The zero-order valence-corrected chi connectivity index (χ0v) is 20.8. The molecule has 0 spiro atoms. The summed E-state index contributed by atoms with van der Waals surface area (Å²) in [5.74, 6) is -0.547. The minimum Gasteiger partial charge on any atom is -0.493 e. The molecular weight excluding hydrogens is 476 g/mol. The standard InChI is InChI=1S/C24H22N2O6S2/c1-12-8-9-33-18(12)11-19-22(28)26-21(20(23(29)31-5)13(2)25-24(26)34-19)15-6-7-16(32-14(3)27)17(10-15)30-4/h6-11,21H,1-5H3. The monoisotopic (exact) mass is 498 g/mol. The molecule has 3 aromatic rings. The zero-order chi connectivity index (χ0) is 24.6. The van der Waals surface area contributed by atoms with Crippen molar-refractivity contribution in [1.82, 2.24) is 4.57 Å². The summed E-state index contributed by atoms with van der Waals surface area (Å²) in [5.41, 5.74) is 2.10. The molecule has 8 nitrogen and oxygen atoms in total. The third-order valence-corrected chi connectivity index (χ3v) is 7.30. The molecule has 0 fully saturated rings. The second kappa shape index (κ2) is 9.40. The molecule has 1 aliphatic rings. The predicted molar refractivity (Wildman–Crippen MR) is 129 cm³/mol. The van der Waals surface area contributed by atoms with Gasteiger partial charge in [0.15, 0.2) is 16.3 Å². The van der Waals surface area contributed by atoms with Crippen molar-refractivity contribution in [2.75, 3.05) is 14.2 Å². The lowest BCUT2D eigenvalue weighted by atomic mass is 9.95. The Morgan fingerprint density at radius 1 is 1.15 bits per heavy atom. The summed E-state index contributed by atoms with van der Waals surface area (Å²) in [4.78, 5) is 43.8. The first-order valence-electron chi connectivity index (χ1n) is 10.3. The molecular formula is C24H22N2O6S2. The van der Waals surface area contributed by atoms with Crippen LogP contribution in [0.1, 0.15) is 35.9 Å². The molecule has 0 N–H and O–H groups in total. The van der Waals surface area contributed by atoms with E-state index in [1.54, 1.807) is 36.5 Å². The van der Waals surface area contributed by atoms with Gasteiger partial charge in [0.25, 0.3) is 5.56 Å². The van der Waals surface area contributed by atoms with E-state index in [2.05, 4.69) is 4.99 Å². The van der Waals surface area contributed by atoms with Gasteiger partial charge in [-0.05, 0) is 54.6 Å². The molecule has 0 bridgehead atoms. The minimum absolute atomic E-state index is 0.236. The Balaban J connectivity index is 1.97. The van der Waals surface area contributed by atoms with E-state index in [-0.39, 0.29) is 16.9 Å². The van der Waals surface area contributed by atoms with E-state index < -0.39 is 18.0 Å². The van der Waals surface area contributed by atoms with Gasteiger partial charge in [-0.25, -0.2) is 9.79 Å². The number of thiazole rings is 1. The third-order valence-electron chi connectivity index (χ3n) is 5.35. The molecule has 0 amide bonds. The van der Waals surface area contributed by atoms with Crippen LogP contribution in [-0.2, 0) is 14.3 Å². The summed E-state index contributed by atoms with van der Waals surface area (Å²) in [6, 6.07) is 6.10. The molecule has 3 heterocycles. The maximum absolute atomic E-state index is 13.6. The summed E-state index contributed by atoms with van der Waals surface area (Å²) < 4.78 is 17.7. The second-order valence-electron chi connectivity index (χ2n) is 7.55. The highest BCUT2D eigenvalue weighted by Gasteiger charge is 2.33. The van der Waals surface area contributed by atoms with Crippen molar-refractivity contribution in [2.45, 2.75) is 26.8 Å². The number of hydrogen-bond acceptors (Lipinski definition) is 9. The maximum Gasteiger partial charge on any atom is 0.338 e. The molecule has 0 saturated heterocycles. The van der Waals surface area contributed by atoms with Crippen LogP contribution in [0.3, 0.4) is 0 Å². The van der Waals surface area contributed by atoms with Gasteiger partial charge in [0.1, 0.15) is 0 Å². The van der Waals surface area contributed by atoms with Crippen molar-refractivity contribution in [3.63, 3.8) is 0 Å². The van der Waals surface area contributed by atoms with E-state index in [0.717, 1.165) is 10.4 Å². The van der Waals surface area contributed by atoms with Crippen LogP contribution in [0.4, 0.5) is 0 Å². The minimum atomic E-state index is -0.796. The van der Waals surface area contributed by atoms with Crippen LogP contribution in [0.15, 0.2) is 50.7 Å². The second-order valence-corrected chi connectivity index (χ2v) is 9.50. The lowest BCUT2D eigenvalue weighted by Crippen LogP contribution is -2.39. The fourth-order valence-corrected chi connectivity index (χ4v) is 5.71. The molecule has 1 atom stereocenters. The van der Waals surface area contributed by atoms with Crippen LogP contribution in [0.2, 0.25) is 0 Å². The van der Waals surface area contributed by atoms with Gasteiger partial charge in [-0.1, -0.05) is 17.4 Å². The SMILES string of the molecule is COC(=O)C1=C(C)N=c2sc(=Cc3sccc3C)c(=O)n2C1c1ccc(OC(C)=O)c(OC)c1. The number of allylic oxidation sites excluding steroid dienone is 1. The van der Waals surface area contributed by atoms with E-state index in [1.165, 1.54) is 37.0 Å². The van der Waals surface area contributed by atoms with Gasteiger partial charge in [-0.15, -0.1) is 11.3 Å². The number of rotatable bonds is 5. The molecule has 0 aliphatic carbocycles. The molecule has 0 saturated carbocycles. The van der Waals surface area contributed by atoms with Crippen LogP contribution < -0.4 is 24.4 Å². The van der Waals surface area contributed by atoms with Crippen molar-refractivity contribution < 1.29 is 23.8 Å². The lowest BCUT2D eigenvalue weighted by molar-refractivity contribution is -0.136. The van der Waals surface area contributed by atoms with Crippen molar-refractivity contribution in [2.24, 2.45) is 4.99 Å². The number of esters is 2. The maximum atomic E-state index is 13.6. The van der Waals surface area contributed by atoms with E-state index >= 15 is 0 Å². The van der Waals surface area contributed by atoms with Gasteiger partial charge in [-0.3, -0.25) is 14.2 Å². The summed E-state index contributed by atoms with van der Waals surface area (Å²) in [6.07, 6.45) is 1.85. The molecule has 2 aromatic heterocycles. The molecule has 1 aliphatic heterocycles. The van der Waals surface area contributed by atoms with Crippen LogP contribution >= 0.6 is 22.7 Å². The summed E-state index contributed by atoms with van der Waals surface area (Å²) in [5, 5.41) is 1.97. The quantitative estimate of drug-likeness (QED) is 0.397. The van der Waals surface area contributed by atoms with Crippen molar-refractivity contribution in [3.05, 3.63) is 76.6 Å². The normalized spacial score (nSPS) is 15.6. The smallest absolute Gasteiger partial charge is 0.338 e. The topological polar surface area (TPSA) is 96.2 Å². The Labute approximate surface area is 203 Å². The van der Waals surface area contributed by atoms with Gasteiger partial charge in [0, 0.05) is 11.8 Å². The summed E-state index contributed by atoms with van der Waals surface area (Å²) in [7, 11) is 2.73. The molecule has 1 unspecified atom stereocenters. The number of nitrogens with zero attached hydrogens (tertiary/aromatic N) is 2. The summed E-state index contributed by atoms with van der Waals surface area (Å²) >= 11 is 2.81. The number of aryl methyl sites for hydroxylation is 1. The number of fused-ring (bicyclic) bond motifs is 1. The van der Waals surface area contributed by atoms with Crippen LogP contribution in [0, 0.1) is 6.92 Å². The molecule has 4 rings (SSSR count). The van der Waals surface area contributed by atoms with E-state index in [0.29, 0.717) is 26.3 Å². The fourth-order valence-electron chi connectivity index (χ4n) is 3.75. The molecule has 10 heteroatoms. The Bertz CT molecular complexity index is 1510. The van der Waals surface area contributed by atoms with Crippen LogP contribution in [0.25, 0.3) is 6.08 Å². The largest absolute Gasteiger partial charge is 0.493 e. The number of carbonyl (C=O) groups is 2. The summed E-state index contributed by atoms with van der Waals surface area (Å²) in [6.45, 7) is 4.99. The van der Waals surface area contributed by atoms with Gasteiger partial charge in [0.05, 0.1) is 36.1 Å². The number of hydrogen-bond donors (Lipinski definition) is 0. The molecule has 34 heavy (non-hydrogen) atoms. The Morgan fingerprint density at radius 2 is 1.91 bits per heavy atom. The highest BCUT2D eigenvalue weighted by atomic mass is 32.1. The Hall–Kier alpha value is -3.50. The predicted octanol–water partition coefficient (Wildman–Crippen LogP) is 2.71. The number of carbonyl (C=O) groups excluding carboxylic acids is 2. The van der Waals surface area contributed by atoms with Gasteiger partial charge in [-0.2, -0.15) is 0 Å². The van der Waals surface area contributed by atoms with Gasteiger partial charge < -0.3 is 14.2 Å². The lowest BCUT2D eigenvalue weighted by Gasteiger charge is -2.25. The van der Waals surface area contributed by atoms with Crippen LogP contribution in [-0.4, -0.2) is 30.7 Å². The third kappa shape index (κ3) is 4.22. The van der Waals surface area contributed by atoms with Gasteiger partial charge in [0.2, 0.25) is 0 Å². The fraction of sp³-hybridized carbons (Fsp3) is 0.250. The average Bonchev–Trinajstić information content (AvgIpc) is 3.34. The van der Waals surface area contributed by atoms with Gasteiger partial charge >= 0.3 is 11.9 Å². The highest BCUT2D eigenvalue weighted by Crippen LogP contribution is 2.36. The van der Waals surface area contributed by atoms with E-state index in [1.807, 2.05) is 24.4 Å². The van der Waals surface area contributed by atoms with Crippen LogP contribution in [0.5, 0.6) is 11.5 Å². The van der Waals surface area contributed by atoms with Crippen molar-refractivity contribution in [3.8, 4) is 11.5 Å². The van der Waals surface area contributed by atoms with E-state index in [4.69, 9.17) is 14.2 Å². The molecule has 0 radical (unpaired) electrons. The number of benzene rings is 1. The first-order valence-corrected chi connectivity index (χ1v) is 12.0. The number of methoxy groups -OCH3 is 2. The Morgan fingerprint density at radius 3 is 2.53 bits per heavy atom. The first kappa shape index (κ1) is 23.7. The molecule has 1 aromatic carbocycles. The number of thiophene rings is 1. The number of ether oxygens (including phenoxy) is 3. The Kier molecular flexibility index (Phi) is 6.54. The highest BCUT2D eigenvalue weighted by molar-refractivity contribution is 7.11. The first-order chi connectivity index (χ1) is 16.2.